The summed E-state index contributed by atoms with van der Waals surface area (Å²) in [5, 5.41) is 10.1. The maximum atomic E-state index is 12.7. The molecule has 0 amide bonds. The lowest BCUT2D eigenvalue weighted by molar-refractivity contribution is -0.141. The van der Waals surface area contributed by atoms with Gasteiger partial charge in [0, 0.05) is 25.5 Å². The summed E-state index contributed by atoms with van der Waals surface area (Å²) in [6, 6.07) is 4.92. The van der Waals surface area contributed by atoms with Crippen LogP contribution in [0.5, 0.6) is 0 Å². The highest BCUT2D eigenvalue weighted by atomic mass is 35.5. The fourth-order valence-corrected chi connectivity index (χ4v) is 3.37. The lowest BCUT2D eigenvalue weighted by Gasteiger charge is -2.35. The van der Waals surface area contributed by atoms with Gasteiger partial charge in [-0.25, -0.2) is 4.98 Å². The van der Waals surface area contributed by atoms with Crippen molar-refractivity contribution in [2.45, 2.75) is 25.1 Å². The third-order valence-electron chi connectivity index (χ3n) is 4.47. The van der Waals surface area contributed by atoms with Crippen LogP contribution in [0, 0.1) is 5.92 Å². The van der Waals surface area contributed by atoms with Gasteiger partial charge in [-0.3, -0.25) is 4.98 Å². The van der Waals surface area contributed by atoms with Crippen molar-refractivity contribution < 1.29 is 18.3 Å². The van der Waals surface area contributed by atoms with Crippen LogP contribution < -0.4 is 4.90 Å². The number of hydrogen-bond acceptors (Lipinski definition) is 4. The number of rotatable bonds is 3. The van der Waals surface area contributed by atoms with E-state index in [0.29, 0.717) is 31.6 Å². The number of aromatic nitrogens is 2. The molecule has 1 unspecified atom stereocenters. The lowest BCUT2D eigenvalue weighted by atomic mass is 9.88. The Hall–Kier alpha value is -1.86. The summed E-state index contributed by atoms with van der Waals surface area (Å²) >= 11 is 5.74. The molecule has 4 nitrogen and oxygen atoms in total. The molecule has 8 heteroatoms. The molecule has 0 saturated carbocycles. The average molecular weight is 372 g/mol. The molecule has 1 aliphatic heterocycles. The van der Waals surface area contributed by atoms with Gasteiger partial charge in [-0.1, -0.05) is 17.7 Å². The van der Waals surface area contributed by atoms with Crippen molar-refractivity contribution in [3.63, 3.8) is 0 Å². The maximum Gasteiger partial charge on any atom is 0.434 e. The first-order chi connectivity index (χ1) is 11.9. The molecule has 1 aliphatic rings. The molecule has 3 heterocycles. The predicted molar refractivity (Wildman–Crippen MR) is 88.4 cm³/mol. The normalized spacial score (nSPS) is 17.6. The molecule has 3 rings (SSSR count). The largest absolute Gasteiger partial charge is 0.434 e. The first-order valence-corrected chi connectivity index (χ1v) is 8.29. The topological polar surface area (TPSA) is 49.3 Å². The van der Waals surface area contributed by atoms with Crippen LogP contribution >= 0.6 is 11.6 Å². The minimum Gasteiger partial charge on any atom is -0.388 e. The number of pyridine rings is 2. The molecule has 2 aromatic heterocycles. The van der Waals surface area contributed by atoms with Gasteiger partial charge in [-0.2, -0.15) is 13.2 Å². The first-order valence-electron chi connectivity index (χ1n) is 7.92. The van der Waals surface area contributed by atoms with Gasteiger partial charge >= 0.3 is 6.18 Å². The Morgan fingerprint density at radius 2 is 1.96 bits per heavy atom. The summed E-state index contributed by atoms with van der Waals surface area (Å²) in [4.78, 5) is 9.42. The van der Waals surface area contributed by atoms with E-state index in [1.165, 1.54) is 12.3 Å². The zero-order valence-electron chi connectivity index (χ0n) is 13.2. The Labute approximate surface area is 148 Å². The Bertz CT molecular complexity index is 719. The van der Waals surface area contributed by atoms with Crippen molar-refractivity contribution in [2.24, 2.45) is 5.92 Å². The number of aliphatic hydroxyl groups excluding tert-OH is 1. The molecular weight excluding hydrogens is 355 g/mol. The number of alkyl halides is 3. The van der Waals surface area contributed by atoms with E-state index in [2.05, 4.69) is 9.97 Å². The van der Waals surface area contributed by atoms with Crippen LogP contribution in [0.1, 0.15) is 30.2 Å². The molecule has 1 saturated heterocycles. The number of piperidine rings is 1. The number of nitrogens with zero attached hydrogens (tertiary/aromatic N) is 3. The summed E-state index contributed by atoms with van der Waals surface area (Å²) in [6.07, 6.45) is 0.786. The molecule has 134 valence electrons. The molecule has 0 aliphatic carbocycles. The van der Waals surface area contributed by atoms with Gasteiger partial charge in [-0.15, -0.1) is 0 Å². The van der Waals surface area contributed by atoms with E-state index in [1.54, 1.807) is 18.5 Å². The van der Waals surface area contributed by atoms with Crippen molar-refractivity contribution in [3.05, 3.63) is 53.1 Å². The highest BCUT2D eigenvalue weighted by molar-refractivity contribution is 6.31. The van der Waals surface area contributed by atoms with E-state index in [9.17, 15) is 18.3 Å². The van der Waals surface area contributed by atoms with E-state index in [1.807, 2.05) is 11.0 Å². The van der Waals surface area contributed by atoms with Crippen LogP contribution in [0.2, 0.25) is 5.02 Å². The van der Waals surface area contributed by atoms with Crippen LogP contribution in [-0.4, -0.2) is 28.2 Å². The maximum absolute atomic E-state index is 12.7. The van der Waals surface area contributed by atoms with Crippen LogP contribution in [0.3, 0.4) is 0 Å². The van der Waals surface area contributed by atoms with E-state index >= 15 is 0 Å². The summed E-state index contributed by atoms with van der Waals surface area (Å²) in [5.41, 5.74) is 0.271. The Morgan fingerprint density at radius 1 is 1.24 bits per heavy atom. The van der Waals surface area contributed by atoms with Crippen molar-refractivity contribution in [3.8, 4) is 0 Å². The van der Waals surface area contributed by atoms with Crippen LogP contribution in [0.4, 0.5) is 18.9 Å². The quantitative estimate of drug-likeness (QED) is 0.882. The average Bonchev–Trinajstić information content (AvgIpc) is 2.61. The van der Waals surface area contributed by atoms with E-state index in [0.717, 1.165) is 5.56 Å². The summed E-state index contributed by atoms with van der Waals surface area (Å²) in [5.74, 6) is 0.0818. The smallest absolute Gasteiger partial charge is 0.388 e. The fraction of sp³-hybridized carbons (Fsp3) is 0.412. The van der Waals surface area contributed by atoms with Crippen LogP contribution in [-0.2, 0) is 6.18 Å². The SMILES string of the molecule is OC(c1cccnc1)C1CCN(c2cnc(C(F)(F)F)c(Cl)c2)CC1. The second kappa shape index (κ2) is 7.17. The van der Waals surface area contributed by atoms with Gasteiger partial charge in [0.15, 0.2) is 5.69 Å². The fourth-order valence-electron chi connectivity index (χ4n) is 3.11. The van der Waals surface area contributed by atoms with Crippen molar-refractivity contribution in [2.75, 3.05) is 18.0 Å². The van der Waals surface area contributed by atoms with Gasteiger partial charge in [0.2, 0.25) is 0 Å². The molecule has 0 bridgehead atoms. The lowest BCUT2D eigenvalue weighted by Crippen LogP contribution is -2.35. The molecule has 1 atom stereocenters. The summed E-state index contributed by atoms with van der Waals surface area (Å²) in [7, 11) is 0. The molecule has 0 aromatic carbocycles. The van der Waals surface area contributed by atoms with Crippen LogP contribution in [0.25, 0.3) is 0 Å². The standard InChI is InChI=1S/C17H17ClF3N3O/c18-14-8-13(10-23-16(14)17(19,20)21)24-6-3-11(4-7-24)15(25)12-2-1-5-22-9-12/h1-2,5,8-11,15,25H,3-4,6-7H2. The third-order valence-corrected chi connectivity index (χ3v) is 4.76. The number of halogens is 4. The third kappa shape index (κ3) is 4.04. The minimum absolute atomic E-state index is 0.0818. The number of hydrogen-bond donors (Lipinski definition) is 1. The molecular formula is C17H17ClF3N3O. The molecule has 1 N–H and O–H groups in total. The molecule has 0 spiro atoms. The van der Waals surface area contributed by atoms with Gasteiger partial charge in [0.25, 0.3) is 0 Å². The second-order valence-corrected chi connectivity index (χ2v) is 6.48. The molecule has 25 heavy (non-hydrogen) atoms. The van der Waals surface area contributed by atoms with E-state index < -0.39 is 23.0 Å². The van der Waals surface area contributed by atoms with E-state index in [4.69, 9.17) is 11.6 Å². The molecule has 2 aromatic rings. The highest BCUT2D eigenvalue weighted by Gasteiger charge is 2.35. The Kier molecular flexibility index (Phi) is 5.15. The summed E-state index contributed by atoms with van der Waals surface area (Å²) in [6.45, 7) is 1.23. The van der Waals surface area contributed by atoms with Crippen molar-refractivity contribution in [1.82, 2.24) is 9.97 Å². The Balaban J connectivity index is 1.65. The highest BCUT2D eigenvalue weighted by Crippen LogP contribution is 2.36. The van der Waals surface area contributed by atoms with Gasteiger partial charge in [0.05, 0.1) is 23.0 Å². The van der Waals surface area contributed by atoms with Gasteiger partial charge < -0.3 is 10.0 Å². The number of anilines is 1. The van der Waals surface area contributed by atoms with E-state index in [-0.39, 0.29) is 5.92 Å². The zero-order valence-corrected chi connectivity index (χ0v) is 14.0. The molecule has 1 fully saturated rings. The Morgan fingerprint density at radius 3 is 2.52 bits per heavy atom. The monoisotopic (exact) mass is 371 g/mol. The predicted octanol–water partition coefficient (Wildman–Crippen LogP) is 4.10. The first kappa shape index (κ1) is 17.9. The summed E-state index contributed by atoms with van der Waals surface area (Å²) < 4.78 is 38.2. The van der Waals surface area contributed by atoms with Crippen molar-refractivity contribution >= 4 is 17.3 Å². The van der Waals surface area contributed by atoms with Crippen LogP contribution in [0.15, 0.2) is 36.8 Å². The molecule has 0 radical (unpaired) electrons. The second-order valence-electron chi connectivity index (χ2n) is 6.08. The van der Waals surface area contributed by atoms with Crippen molar-refractivity contribution in [1.29, 1.82) is 0 Å². The minimum atomic E-state index is -4.56. The number of aliphatic hydroxyl groups is 1. The van der Waals surface area contributed by atoms with Gasteiger partial charge in [0.1, 0.15) is 0 Å². The zero-order chi connectivity index (χ0) is 18.0. The van der Waals surface area contributed by atoms with Gasteiger partial charge in [-0.05, 0) is 36.5 Å².